The number of nitro benzene ring substituents is 1. The molecule has 2 N–H and O–H groups in total. The highest BCUT2D eigenvalue weighted by atomic mass is 16.6. The third-order valence-corrected chi connectivity index (χ3v) is 2.92. The molecular formula is C12H18N2O3. The van der Waals surface area contributed by atoms with Crippen molar-refractivity contribution in [3.05, 3.63) is 39.9 Å². The summed E-state index contributed by atoms with van der Waals surface area (Å²) in [6, 6.07) is 6.67. The van der Waals surface area contributed by atoms with E-state index in [1.54, 1.807) is 12.1 Å². The van der Waals surface area contributed by atoms with Crippen LogP contribution in [0.15, 0.2) is 24.3 Å². The molecule has 0 saturated carbocycles. The predicted octanol–water partition coefficient (Wildman–Crippen LogP) is 1.70. The van der Waals surface area contributed by atoms with Crippen LogP contribution in [0.4, 0.5) is 5.69 Å². The van der Waals surface area contributed by atoms with Crippen LogP contribution in [-0.2, 0) is 6.54 Å². The summed E-state index contributed by atoms with van der Waals surface area (Å²) in [5.41, 5.74) is 1.10. The van der Waals surface area contributed by atoms with Crippen molar-refractivity contribution < 1.29 is 10.0 Å². The number of benzene rings is 1. The highest BCUT2D eigenvalue weighted by Gasteiger charge is 2.10. The summed E-state index contributed by atoms with van der Waals surface area (Å²) in [6.07, 6.45) is 0. The van der Waals surface area contributed by atoms with Crippen molar-refractivity contribution in [1.82, 2.24) is 5.32 Å². The van der Waals surface area contributed by atoms with E-state index in [9.17, 15) is 10.1 Å². The number of nitrogens with zero attached hydrogens (tertiary/aromatic N) is 1. The molecule has 5 nitrogen and oxygen atoms in total. The second-order valence-electron chi connectivity index (χ2n) is 4.25. The highest BCUT2D eigenvalue weighted by molar-refractivity contribution is 5.32. The molecule has 0 radical (unpaired) electrons. The lowest BCUT2D eigenvalue weighted by Crippen LogP contribution is -2.33. The van der Waals surface area contributed by atoms with E-state index in [4.69, 9.17) is 5.11 Å². The largest absolute Gasteiger partial charge is 0.396 e. The molecule has 0 aliphatic carbocycles. The second-order valence-corrected chi connectivity index (χ2v) is 4.25. The molecule has 0 aliphatic rings. The Bertz CT molecular complexity index is 365. The quantitative estimate of drug-likeness (QED) is 0.584. The van der Waals surface area contributed by atoms with Gasteiger partial charge in [0, 0.05) is 31.3 Å². The van der Waals surface area contributed by atoms with Gasteiger partial charge in [-0.3, -0.25) is 10.1 Å². The summed E-state index contributed by atoms with van der Waals surface area (Å²) >= 11 is 0. The first-order valence-electron chi connectivity index (χ1n) is 5.62. The molecule has 2 atom stereocenters. The maximum atomic E-state index is 10.5. The molecule has 1 rings (SSSR count). The Morgan fingerprint density at radius 3 is 2.41 bits per heavy atom. The molecule has 94 valence electrons. The number of rotatable bonds is 6. The molecule has 0 aromatic heterocycles. The normalized spacial score (nSPS) is 14.3. The molecule has 5 heteroatoms. The van der Waals surface area contributed by atoms with Gasteiger partial charge in [0.25, 0.3) is 5.69 Å². The highest BCUT2D eigenvalue weighted by Crippen LogP contribution is 2.12. The zero-order chi connectivity index (χ0) is 12.8. The van der Waals surface area contributed by atoms with E-state index in [1.165, 1.54) is 12.1 Å². The van der Waals surface area contributed by atoms with Crippen molar-refractivity contribution in [2.24, 2.45) is 5.92 Å². The van der Waals surface area contributed by atoms with Crippen LogP contribution in [0, 0.1) is 16.0 Å². The molecule has 0 saturated heterocycles. The van der Waals surface area contributed by atoms with Gasteiger partial charge < -0.3 is 10.4 Å². The fraction of sp³-hybridized carbons (Fsp3) is 0.500. The van der Waals surface area contributed by atoms with Crippen molar-refractivity contribution in [2.45, 2.75) is 26.4 Å². The monoisotopic (exact) mass is 238 g/mol. The lowest BCUT2D eigenvalue weighted by Gasteiger charge is -2.19. The van der Waals surface area contributed by atoms with Gasteiger partial charge in [0.15, 0.2) is 0 Å². The summed E-state index contributed by atoms with van der Waals surface area (Å²) in [5, 5.41) is 22.7. The first kappa shape index (κ1) is 13.6. The molecule has 0 heterocycles. The summed E-state index contributed by atoms with van der Waals surface area (Å²) in [6.45, 7) is 4.76. The molecular weight excluding hydrogens is 220 g/mol. The van der Waals surface area contributed by atoms with Crippen LogP contribution < -0.4 is 5.32 Å². The average molecular weight is 238 g/mol. The van der Waals surface area contributed by atoms with Crippen LogP contribution in [0.25, 0.3) is 0 Å². The first-order valence-corrected chi connectivity index (χ1v) is 5.62. The molecule has 1 aromatic rings. The summed E-state index contributed by atoms with van der Waals surface area (Å²) < 4.78 is 0. The van der Waals surface area contributed by atoms with Gasteiger partial charge in [-0.25, -0.2) is 0 Å². The smallest absolute Gasteiger partial charge is 0.269 e. The Morgan fingerprint density at radius 1 is 1.35 bits per heavy atom. The molecule has 0 bridgehead atoms. The Hall–Kier alpha value is -1.46. The zero-order valence-corrected chi connectivity index (χ0v) is 10.1. The molecule has 1 aromatic carbocycles. The number of hydrogen-bond acceptors (Lipinski definition) is 4. The number of hydrogen-bond donors (Lipinski definition) is 2. The van der Waals surface area contributed by atoms with E-state index >= 15 is 0 Å². The number of aliphatic hydroxyl groups is 1. The summed E-state index contributed by atoms with van der Waals surface area (Å²) in [7, 11) is 0. The van der Waals surface area contributed by atoms with Crippen molar-refractivity contribution in [1.29, 1.82) is 0 Å². The lowest BCUT2D eigenvalue weighted by atomic mass is 10.0. The fourth-order valence-electron chi connectivity index (χ4n) is 1.37. The Morgan fingerprint density at radius 2 is 1.94 bits per heavy atom. The van der Waals surface area contributed by atoms with Crippen LogP contribution in [0.1, 0.15) is 19.4 Å². The van der Waals surface area contributed by atoms with Crippen molar-refractivity contribution in [2.75, 3.05) is 6.61 Å². The van der Waals surface area contributed by atoms with Gasteiger partial charge >= 0.3 is 0 Å². The van der Waals surface area contributed by atoms with Gasteiger partial charge in [0.1, 0.15) is 0 Å². The van der Waals surface area contributed by atoms with E-state index in [1.807, 2.05) is 13.8 Å². The molecule has 17 heavy (non-hydrogen) atoms. The van der Waals surface area contributed by atoms with E-state index in [-0.39, 0.29) is 24.3 Å². The number of aliphatic hydroxyl groups excluding tert-OH is 1. The van der Waals surface area contributed by atoms with Gasteiger partial charge in [0.05, 0.1) is 4.92 Å². The average Bonchev–Trinajstić information content (AvgIpc) is 2.35. The topological polar surface area (TPSA) is 75.4 Å². The Labute approximate surface area is 101 Å². The fourth-order valence-corrected chi connectivity index (χ4v) is 1.37. The van der Waals surface area contributed by atoms with Gasteiger partial charge in [-0.2, -0.15) is 0 Å². The van der Waals surface area contributed by atoms with Crippen LogP contribution in [0.2, 0.25) is 0 Å². The van der Waals surface area contributed by atoms with E-state index in [0.717, 1.165) is 5.56 Å². The number of nitro groups is 1. The van der Waals surface area contributed by atoms with Crippen molar-refractivity contribution in [3.8, 4) is 0 Å². The minimum atomic E-state index is -0.409. The van der Waals surface area contributed by atoms with Crippen molar-refractivity contribution >= 4 is 5.69 Å². The zero-order valence-electron chi connectivity index (χ0n) is 10.1. The molecule has 0 fully saturated rings. The molecule has 0 aliphatic heterocycles. The third-order valence-electron chi connectivity index (χ3n) is 2.92. The Balaban J connectivity index is 2.50. The van der Waals surface area contributed by atoms with Crippen LogP contribution in [0.5, 0.6) is 0 Å². The van der Waals surface area contributed by atoms with Crippen molar-refractivity contribution in [3.63, 3.8) is 0 Å². The lowest BCUT2D eigenvalue weighted by molar-refractivity contribution is -0.384. The maximum absolute atomic E-state index is 10.5. The minimum absolute atomic E-state index is 0.102. The Kier molecular flexibility index (Phi) is 5.06. The van der Waals surface area contributed by atoms with E-state index in [0.29, 0.717) is 6.54 Å². The predicted molar refractivity (Wildman–Crippen MR) is 65.6 cm³/mol. The SMILES string of the molecule is CC(CO)C(C)NCc1ccc([N+](=O)[O-])cc1. The second kappa shape index (κ2) is 6.32. The minimum Gasteiger partial charge on any atom is -0.396 e. The molecule has 2 unspecified atom stereocenters. The number of nitrogens with one attached hydrogen (secondary N) is 1. The standard InChI is InChI=1S/C12H18N2O3/c1-9(8-15)10(2)13-7-11-3-5-12(6-4-11)14(16)17/h3-6,9-10,13,15H,7-8H2,1-2H3. The van der Waals surface area contributed by atoms with Crippen LogP contribution >= 0.6 is 0 Å². The number of non-ortho nitro benzene ring substituents is 1. The maximum Gasteiger partial charge on any atom is 0.269 e. The summed E-state index contributed by atoms with van der Waals surface area (Å²) in [5.74, 6) is 0.188. The van der Waals surface area contributed by atoms with Gasteiger partial charge in [-0.1, -0.05) is 19.1 Å². The van der Waals surface area contributed by atoms with Crippen LogP contribution in [-0.4, -0.2) is 22.7 Å². The van der Waals surface area contributed by atoms with Gasteiger partial charge in [-0.05, 0) is 18.4 Å². The van der Waals surface area contributed by atoms with Gasteiger partial charge in [-0.15, -0.1) is 0 Å². The van der Waals surface area contributed by atoms with Gasteiger partial charge in [0.2, 0.25) is 0 Å². The molecule has 0 spiro atoms. The third kappa shape index (κ3) is 4.13. The molecule has 0 amide bonds. The van der Waals surface area contributed by atoms with Crippen LogP contribution in [0.3, 0.4) is 0 Å². The first-order chi connectivity index (χ1) is 8.04. The van der Waals surface area contributed by atoms with E-state index < -0.39 is 4.92 Å². The summed E-state index contributed by atoms with van der Waals surface area (Å²) in [4.78, 5) is 10.1. The van der Waals surface area contributed by atoms with E-state index in [2.05, 4.69) is 5.32 Å².